The number of carbonyl (C=O) groups is 2. The Balaban J connectivity index is 1.53. The van der Waals surface area contributed by atoms with Gasteiger partial charge in [0.15, 0.2) is 0 Å². The van der Waals surface area contributed by atoms with Crippen molar-refractivity contribution in [2.75, 3.05) is 26.7 Å². The van der Waals surface area contributed by atoms with Crippen LogP contribution >= 0.6 is 0 Å². The molecule has 0 radical (unpaired) electrons. The zero-order chi connectivity index (χ0) is 18.0. The molecule has 1 fully saturated rings. The highest BCUT2D eigenvalue weighted by molar-refractivity contribution is 5.81. The predicted octanol–water partition coefficient (Wildman–Crippen LogP) is 1.68. The summed E-state index contributed by atoms with van der Waals surface area (Å²) in [6.07, 6.45) is 1.04. The number of aryl methyl sites for hydroxylation is 1. The molecule has 3 amide bonds. The molecule has 0 saturated carbocycles. The molecule has 3 rings (SSSR count). The van der Waals surface area contributed by atoms with E-state index in [4.69, 9.17) is 0 Å². The van der Waals surface area contributed by atoms with Crippen molar-refractivity contribution in [3.63, 3.8) is 0 Å². The quantitative estimate of drug-likeness (QED) is 0.866. The summed E-state index contributed by atoms with van der Waals surface area (Å²) in [5.41, 5.74) is 3.14. The lowest BCUT2D eigenvalue weighted by Crippen LogP contribution is -2.44. The normalized spacial score (nSPS) is 17.3. The molecule has 25 heavy (non-hydrogen) atoms. The van der Waals surface area contributed by atoms with Gasteiger partial charge in [0.1, 0.15) is 5.82 Å². The van der Waals surface area contributed by atoms with E-state index in [-0.39, 0.29) is 18.0 Å². The summed E-state index contributed by atoms with van der Waals surface area (Å²) >= 11 is 0. The number of likely N-dealkylation sites (tertiary alicyclic amines) is 1. The summed E-state index contributed by atoms with van der Waals surface area (Å²) < 4.78 is 0. The van der Waals surface area contributed by atoms with Crippen LogP contribution in [-0.4, -0.2) is 64.4 Å². The summed E-state index contributed by atoms with van der Waals surface area (Å²) in [7, 11) is 1.76. The van der Waals surface area contributed by atoms with E-state index in [0.29, 0.717) is 32.5 Å². The maximum atomic E-state index is 12.3. The van der Waals surface area contributed by atoms with Gasteiger partial charge < -0.3 is 20.1 Å². The van der Waals surface area contributed by atoms with Crippen LogP contribution in [-0.2, 0) is 11.2 Å². The van der Waals surface area contributed by atoms with Gasteiger partial charge in [0.2, 0.25) is 5.91 Å². The van der Waals surface area contributed by atoms with Crippen molar-refractivity contribution in [3.8, 4) is 0 Å². The van der Waals surface area contributed by atoms with Crippen LogP contribution in [0.15, 0.2) is 18.2 Å². The summed E-state index contributed by atoms with van der Waals surface area (Å²) in [5, 5.41) is 2.94. The van der Waals surface area contributed by atoms with Gasteiger partial charge >= 0.3 is 6.03 Å². The van der Waals surface area contributed by atoms with Crippen molar-refractivity contribution in [1.29, 1.82) is 0 Å². The fourth-order valence-corrected chi connectivity index (χ4v) is 3.18. The van der Waals surface area contributed by atoms with Crippen molar-refractivity contribution >= 4 is 23.0 Å². The molecular weight excluding hydrogens is 318 g/mol. The molecule has 1 aromatic carbocycles. The van der Waals surface area contributed by atoms with Gasteiger partial charge in [0, 0.05) is 39.5 Å². The summed E-state index contributed by atoms with van der Waals surface area (Å²) in [6.45, 7) is 5.82. The lowest BCUT2D eigenvalue weighted by Gasteiger charge is -2.20. The van der Waals surface area contributed by atoms with Crippen LogP contribution in [0.4, 0.5) is 4.79 Å². The van der Waals surface area contributed by atoms with E-state index >= 15 is 0 Å². The lowest BCUT2D eigenvalue weighted by atomic mass is 10.2. The SMILES string of the molecule is CCN1CC(NC(=O)N(C)CCc2nc3c(C)cccc3[nH]2)CC1=O. The van der Waals surface area contributed by atoms with Crippen molar-refractivity contribution in [2.24, 2.45) is 0 Å². The Morgan fingerprint density at radius 3 is 2.96 bits per heavy atom. The Morgan fingerprint density at radius 1 is 1.48 bits per heavy atom. The number of fused-ring (bicyclic) bond motifs is 1. The van der Waals surface area contributed by atoms with Gasteiger partial charge in [0.25, 0.3) is 0 Å². The molecule has 2 aromatic rings. The highest BCUT2D eigenvalue weighted by Crippen LogP contribution is 2.16. The minimum atomic E-state index is -0.150. The molecule has 1 aromatic heterocycles. The van der Waals surface area contributed by atoms with Crippen molar-refractivity contribution in [2.45, 2.75) is 32.7 Å². The number of hydrogen-bond acceptors (Lipinski definition) is 3. The van der Waals surface area contributed by atoms with Crippen LogP contribution in [0.3, 0.4) is 0 Å². The Hall–Kier alpha value is -2.57. The smallest absolute Gasteiger partial charge is 0.317 e. The van der Waals surface area contributed by atoms with Crippen molar-refractivity contribution in [1.82, 2.24) is 25.1 Å². The number of benzene rings is 1. The first-order valence-electron chi connectivity index (χ1n) is 8.71. The number of carbonyl (C=O) groups excluding carboxylic acids is 2. The van der Waals surface area contributed by atoms with Crippen LogP contribution < -0.4 is 5.32 Å². The molecule has 134 valence electrons. The average Bonchev–Trinajstić information content (AvgIpc) is 3.16. The molecular formula is C18H25N5O2. The second kappa shape index (κ2) is 7.13. The minimum Gasteiger partial charge on any atom is -0.342 e. The average molecular weight is 343 g/mol. The summed E-state index contributed by atoms with van der Waals surface area (Å²) in [6, 6.07) is 5.79. The number of hydrogen-bond donors (Lipinski definition) is 2. The Kier molecular flexibility index (Phi) is 4.92. The van der Waals surface area contributed by atoms with Gasteiger partial charge in [-0.3, -0.25) is 4.79 Å². The van der Waals surface area contributed by atoms with E-state index in [0.717, 1.165) is 22.4 Å². The summed E-state index contributed by atoms with van der Waals surface area (Å²) in [5.74, 6) is 0.977. The van der Waals surface area contributed by atoms with Gasteiger partial charge in [-0.25, -0.2) is 9.78 Å². The van der Waals surface area contributed by atoms with Crippen LogP contribution in [0.5, 0.6) is 0 Å². The molecule has 1 aliphatic rings. The standard InChI is InChI=1S/C18H25N5O2/c1-4-23-11-13(10-16(23)24)19-18(25)22(3)9-8-15-20-14-7-5-6-12(2)17(14)21-15/h5-7,13H,4,8-11H2,1-3H3,(H,19,25)(H,20,21). The molecule has 1 aliphatic heterocycles. The zero-order valence-electron chi connectivity index (χ0n) is 15.0. The first-order chi connectivity index (χ1) is 12.0. The number of likely N-dealkylation sites (N-methyl/N-ethyl adjacent to an activating group) is 2. The minimum absolute atomic E-state index is 0.101. The molecule has 2 N–H and O–H groups in total. The number of imidazole rings is 1. The molecule has 2 heterocycles. The lowest BCUT2D eigenvalue weighted by molar-refractivity contribution is -0.127. The number of urea groups is 1. The van der Waals surface area contributed by atoms with E-state index in [1.807, 2.05) is 32.0 Å². The third-order valence-corrected chi connectivity index (χ3v) is 4.72. The van der Waals surface area contributed by atoms with Crippen molar-refractivity contribution < 1.29 is 9.59 Å². The Bertz CT molecular complexity index is 785. The van der Waals surface area contributed by atoms with Crippen LogP contribution in [0.2, 0.25) is 0 Å². The van der Waals surface area contributed by atoms with E-state index in [9.17, 15) is 9.59 Å². The van der Waals surface area contributed by atoms with Crippen molar-refractivity contribution in [3.05, 3.63) is 29.6 Å². The van der Waals surface area contributed by atoms with Gasteiger partial charge in [0.05, 0.1) is 17.1 Å². The second-order valence-electron chi connectivity index (χ2n) is 6.61. The van der Waals surface area contributed by atoms with Gasteiger partial charge in [-0.15, -0.1) is 0 Å². The molecule has 0 aliphatic carbocycles. The molecule has 1 saturated heterocycles. The molecule has 1 unspecified atom stereocenters. The van der Waals surface area contributed by atoms with Crippen LogP contribution in [0.25, 0.3) is 11.0 Å². The van der Waals surface area contributed by atoms with Crippen LogP contribution in [0.1, 0.15) is 24.7 Å². The van der Waals surface area contributed by atoms with Gasteiger partial charge in [-0.1, -0.05) is 12.1 Å². The molecule has 7 nitrogen and oxygen atoms in total. The number of amides is 3. The molecule has 0 spiro atoms. The Labute approximate surface area is 147 Å². The van der Waals surface area contributed by atoms with E-state index in [1.54, 1.807) is 16.8 Å². The third-order valence-electron chi connectivity index (χ3n) is 4.72. The van der Waals surface area contributed by atoms with Gasteiger partial charge in [-0.2, -0.15) is 0 Å². The number of nitrogens with zero attached hydrogens (tertiary/aromatic N) is 3. The first-order valence-corrected chi connectivity index (χ1v) is 8.71. The highest BCUT2D eigenvalue weighted by Gasteiger charge is 2.29. The number of para-hydroxylation sites is 1. The fourth-order valence-electron chi connectivity index (χ4n) is 3.18. The highest BCUT2D eigenvalue weighted by atomic mass is 16.2. The molecule has 0 bridgehead atoms. The molecule has 7 heteroatoms. The second-order valence-corrected chi connectivity index (χ2v) is 6.61. The molecule has 1 atom stereocenters. The third kappa shape index (κ3) is 3.75. The monoisotopic (exact) mass is 343 g/mol. The maximum absolute atomic E-state index is 12.3. The number of H-pyrrole nitrogens is 1. The zero-order valence-corrected chi connectivity index (χ0v) is 15.0. The first kappa shape index (κ1) is 17.3. The number of nitrogens with one attached hydrogen (secondary N) is 2. The van der Waals surface area contributed by atoms with E-state index in [1.165, 1.54) is 0 Å². The fraction of sp³-hybridized carbons (Fsp3) is 0.500. The van der Waals surface area contributed by atoms with E-state index in [2.05, 4.69) is 15.3 Å². The Morgan fingerprint density at radius 2 is 2.28 bits per heavy atom. The van der Waals surface area contributed by atoms with Gasteiger partial charge in [-0.05, 0) is 25.5 Å². The predicted molar refractivity (Wildman–Crippen MR) is 96.4 cm³/mol. The van der Waals surface area contributed by atoms with Crippen LogP contribution in [0, 0.1) is 6.92 Å². The largest absolute Gasteiger partial charge is 0.342 e. The summed E-state index contributed by atoms with van der Waals surface area (Å²) in [4.78, 5) is 35.4. The number of aromatic amines is 1. The maximum Gasteiger partial charge on any atom is 0.317 e. The number of aromatic nitrogens is 2. The van der Waals surface area contributed by atoms with E-state index < -0.39 is 0 Å². The number of rotatable bonds is 5. The topological polar surface area (TPSA) is 81.3 Å².